The van der Waals surface area contributed by atoms with Crippen LogP contribution in [0.3, 0.4) is 0 Å². The van der Waals surface area contributed by atoms with Crippen LogP contribution in [0.5, 0.6) is 0 Å². The number of nitrogens with zero attached hydrogens (tertiary/aromatic N) is 3. The molecule has 0 aliphatic heterocycles. The van der Waals surface area contributed by atoms with Gasteiger partial charge in [-0.25, -0.2) is 0 Å². The van der Waals surface area contributed by atoms with Gasteiger partial charge >= 0.3 is 0 Å². The Morgan fingerprint density at radius 1 is 1.58 bits per heavy atom. The topological polar surface area (TPSA) is 76.8 Å². The molecule has 0 fully saturated rings. The first-order valence-electron chi connectivity index (χ1n) is 5.64. The molecular formula is C11H11ClN4O2S. The largest absolute Gasteiger partial charge is 0.300 e. The van der Waals surface area contributed by atoms with Crippen molar-refractivity contribution < 1.29 is 4.92 Å². The van der Waals surface area contributed by atoms with E-state index in [1.165, 1.54) is 6.07 Å². The van der Waals surface area contributed by atoms with Crippen molar-refractivity contribution >= 4 is 29.5 Å². The molecule has 8 heteroatoms. The summed E-state index contributed by atoms with van der Waals surface area (Å²) in [7, 11) is 0. The fourth-order valence-electron chi connectivity index (χ4n) is 1.80. The molecule has 2 rings (SSSR count). The molecule has 100 valence electrons. The van der Waals surface area contributed by atoms with Crippen LogP contribution < -0.4 is 0 Å². The summed E-state index contributed by atoms with van der Waals surface area (Å²) in [6.45, 7) is 2.64. The first-order valence-corrected chi connectivity index (χ1v) is 6.42. The van der Waals surface area contributed by atoms with E-state index < -0.39 is 4.92 Å². The summed E-state index contributed by atoms with van der Waals surface area (Å²) in [5.74, 6) is 0.454. The van der Waals surface area contributed by atoms with Crippen molar-refractivity contribution in [3.05, 3.63) is 38.1 Å². The summed E-state index contributed by atoms with van der Waals surface area (Å²) in [5, 5.41) is 18.1. The molecule has 1 aromatic carbocycles. The number of nitrogens with one attached hydrogen (secondary N) is 1. The van der Waals surface area contributed by atoms with Crippen LogP contribution in [-0.4, -0.2) is 19.7 Å². The maximum atomic E-state index is 11.1. The van der Waals surface area contributed by atoms with E-state index in [-0.39, 0.29) is 5.69 Å². The van der Waals surface area contributed by atoms with Crippen molar-refractivity contribution in [2.45, 2.75) is 19.9 Å². The molecule has 0 radical (unpaired) electrons. The van der Waals surface area contributed by atoms with Crippen LogP contribution in [0.15, 0.2) is 18.2 Å². The van der Waals surface area contributed by atoms with Crippen molar-refractivity contribution in [2.75, 3.05) is 0 Å². The number of H-pyrrole nitrogens is 1. The predicted molar refractivity (Wildman–Crippen MR) is 74.8 cm³/mol. The second-order valence-corrected chi connectivity index (χ2v) is 4.75. The van der Waals surface area contributed by atoms with Gasteiger partial charge in [-0.05, 0) is 30.8 Å². The molecule has 19 heavy (non-hydrogen) atoms. The molecule has 6 nitrogen and oxygen atoms in total. The Bertz CT molecular complexity index is 680. The highest BCUT2D eigenvalue weighted by atomic mass is 35.5. The van der Waals surface area contributed by atoms with Crippen molar-refractivity contribution in [3.63, 3.8) is 0 Å². The summed E-state index contributed by atoms with van der Waals surface area (Å²) in [6, 6.07) is 4.49. The Hall–Kier alpha value is -1.73. The average molecular weight is 299 g/mol. The monoisotopic (exact) mass is 298 g/mol. The summed E-state index contributed by atoms with van der Waals surface area (Å²) >= 11 is 10.9. The number of rotatable bonds is 4. The number of hydrogen-bond acceptors (Lipinski definition) is 4. The molecule has 0 unspecified atom stereocenters. The second kappa shape index (κ2) is 5.50. The van der Waals surface area contributed by atoms with Gasteiger partial charge < -0.3 is 0 Å². The van der Waals surface area contributed by atoms with Gasteiger partial charge in [-0.15, -0.1) is 0 Å². The Morgan fingerprint density at radius 2 is 2.32 bits per heavy atom. The zero-order valence-corrected chi connectivity index (χ0v) is 11.7. The zero-order valence-electron chi connectivity index (χ0n) is 10.1. The van der Waals surface area contributed by atoms with Crippen LogP contribution in [0.2, 0.25) is 5.02 Å². The summed E-state index contributed by atoms with van der Waals surface area (Å²) in [4.78, 5) is 10.6. The van der Waals surface area contributed by atoms with Crippen LogP contribution in [0, 0.1) is 14.9 Å². The summed E-state index contributed by atoms with van der Waals surface area (Å²) in [5.41, 5.74) is 0.314. The van der Waals surface area contributed by atoms with Gasteiger partial charge in [0.05, 0.1) is 10.5 Å². The molecule has 0 aliphatic carbocycles. The van der Waals surface area contributed by atoms with Crippen LogP contribution in [0.25, 0.3) is 11.4 Å². The standard InChI is InChI=1S/C11H11ClN4O2S/c1-2-5-15-10(13-14-11(15)19)8-4-3-7(12)6-9(8)16(17)18/h3-4,6H,2,5H2,1H3,(H,14,19). The van der Waals surface area contributed by atoms with Crippen LogP contribution >= 0.6 is 23.8 Å². The van der Waals surface area contributed by atoms with E-state index >= 15 is 0 Å². The fraction of sp³-hybridized carbons (Fsp3) is 0.273. The SMILES string of the molecule is CCCn1c(-c2ccc(Cl)cc2[N+](=O)[O-])n[nH]c1=S. The zero-order chi connectivity index (χ0) is 14.0. The van der Waals surface area contributed by atoms with E-state index in [0.29, 0.717) is 27.7 Å². The Kier molecular flexibility index (Phi) is 3.96. The molecular weight excluding hydrogens is 288 g/mol. The highest BCUT2D eigenvalue weighted by Crippen LogP contribution is 2.31. The first kappa shape index (κ1) is 13.7. The van der Waals surface area contributed by atoms with Gasteiger partial charge in [0.15, 0.2) is 10.6 Å². The maximum Gasteiger partial charge on any atom is 0.281 e. The lowest BCUT2D eigenvalue weighted by molar-refractivity contribution is -0.384. The highest BCUT2D eigenvalue weighted by Gasteiger charge is 2.20. The van der Waals surface area contributed by atoms with Gasteiger partial charge in [0.1, 0.15) is 0 Å². The Balaban J connectivity index is 2.65. The van der Waals surface area contributed by atoms with Gasteiger partial charge in [0, 0.05) is 17.6 Å². The lowest BCUT2D eigenvalue weighted by Crippen LogP contribution is -2.02. The van der Waals surface area contributed by atoms with Crippen LogP contribution in [0.4, 0.5) is 5.69 Å². The van der Waals surface area contributed by atoms with Crippen LogP contribution in [-0.2, 0) is 6.54 Å². The molecule has 0 amide bonds. The minimum absolute atomic E-state index is 0.0844. The molecule has 0 bridgehead atoms. The van der Waals surface area contributed by atoms with Gasteiger partial charge in [0.25, 0.3) is 5.69 Å². The fourth-order valence-corrected chi connectivity index (χ4v) is 2.19. The maximum absolute atomic E-state index is 11.1. The molecule has 1 heterocycles. The number of aromatic nitrogens is 3. The quantitative estimate of drug-likeness (QED) is 0.532. The van der Waals surface area contributed by atoms with E-state index in [1.54, 1.807) is 16.7 Å². The molecule has 2 aromatic rings. The molecule has 0 saturated carbocycles. The molecule has 0 spiro atoms. The number of benzene rings is 1. The van der Waals surface area contributed by atoms with E-state index in [1.807, 2.05) is 6.92 Å². The minimum Gasteiger partial charge on any atom is -0.300 e. The number of nitro benzene ring substituents is 1. The number of hydrogen-bond donors (Lipinski definition) is 1. The van der Waals surface area contributed by atoms with Gasteiger partial charge in [-0.3, -0.25) is 19.8 Å². The normalized spacial score (nSPS) is 10.6. The smallest absolute Gasteiger partial charge is 0.281 e. The lowest BCUT2D eigenvalue weighted by atomic mass is 10.1. The molecule has 0 saturated heterocycles. The van der Waals surface area contributed by atoms with E-state index in [0.717, 1.165) is 6.42 Å². The third kappa shape index (κ3) is 2.66. The number of halogens is 1. The van der Waals surface area contributed by atoms with E-state index in [9.17, 15) is 10.1 Å². The summed E-state index contributed by atoms with van der Waals surface area (Å²) < 4.78 is 2.19. The van der Waals surface area contributed by atoms with Crippen molar-refractivity contribution in [2.24, 2.45) is 0 Å². The predicted octanol–water partition coefficient (Wildman–Crippen LogP) is 3.58. The van der Waals surface area contributed by atoms with E-state index in [2.05, 4.69) is 10.2 Å². The number of aromatic amines is 1. The van der Waals surface area contributed by atoms with Gasteiger partial charge in [-0.1, -0.05) is 18.5 Å². The van der Waals surface area contributed by atoms with Crippen molar-refractivity contribution in [1.29, 1.82) is 0 Å². The molecule has 0 atom stereocenters. The molecule has 1 N–H and O–H groups in total. The first-order chi connectivity index (χ1) is 9.04. The summed E-state index contributed by atoms with van der Waals surface area (Å²) in [6.07, 6.45) is 0.849. The average Bonchev–Trinajstić information content (AvgIpc) is 2.72. The second-order valence-electron chi connectivity index (χ2n) is 3.92. The minimum atomic E-state index is -0.477. The molecule has 0 aliphatic rings. The molecule has 1 aromatic heterocycles. The third-order valence-corrected chi connectivity index (χ3v) is 3.15. The number of nitro groups is 1. The highest BCUT2D eigenvalue weighted by molar-refractivity contribution is 7.71. The Morgan fingerprint density at radius 3 is 2.95 bits per heavy atom. The van der Waals surface area contributed by atoms with Gasteiger partial charge in [0.2, 0.25) is 0 Å². The van der Waals surface area contributed by atoms with Crippen LogP contribution in [0.1, 0.15) is 13.3 Å². The van der Waals surface area contributed by atoms with Crippen molar-refractivity contribution in [3.8, 4) is 11.4 Å². The Labute approximate surface area is 119 Å². The third-order valence-electron chi connectivity index (χ3n) is 2.60. The van der Waals surface area contributed by atoms with E-state index in [4.69, 9.17) is 23.8 Å². The van der Waals surface area contributed by atoms with Crippen molar-refractivity contribution in [1.82, 2.24) is 14.8 Å². The van der Waals surface area contributed by atoms with Gasteiger partial charge in [-0.2, -0.15) is 5.10 Å². The lowest BCUT2D eigenvalue weighted by Gasteiger charge is -2.06.